The predicted octanol–water partition coefficient (Wildman–Crippen LogP) is 9.41. The molecule has 4 aromatic carbocycles. The number of para-hydroxylation sites is 2. The van der Waals surface area contributed by atoms with Crippen LogP contribution in [-0.4, -0.2) is 9.55 Å². The Morgan fingerprint density at radius 1 is 0.659 bits per heavy atom. The maximum absolute atomic E-state index is 4.59. The van der Waals surface area contributed by atoms with Crippen molar-refractivity contribution in [1.82, 2.24) is 9.55 Å². The Morgan fingerprint density at radius 2 is 1.20 bits per heavy atom. The molecule has 0 unspecified atom stereocenters. The lowest BCUT2D eigenvalue weighted by molar-refractivity contribution is -0.633. The van der Waals surface area contributed by atoms with E-state index in [-0.39, 0.29) is 11.8 Å². The second-order valence-electron chi connectivity index (χ2n) is 11.6. The van der Waals surface area contributed by atoms with Crippen LogP contribution in [0, 0.1) is 6.92 Å². The quantitative estimate of drug-likeness (QED) is 0.194. The molecular formula is C38H38N3+. The number of benzene rings is 4. The lowest BCUT2D eigenvalue weighted by Gasteiger charge is -2.25. The highest BCUT2D eigenvalue weighted by Gasteiger charge is 2.34. The van der Waals surface area contributed by atoms with Crippen molar-refractivity contribution >= 4 is 11.0 Å². The molecule has 0 aliphatic heterocycles. The third kappa shape index (κ3) is 4.56. The van der Waals surface area contributed by atoms with Gasteiger partial charge in [-0.2, -0.15) is 4.57 Å². The van der Waals surface area contributed by atoms with E-state index >= 15 is 0 Å². The van der Waals surface area contributed by atoms with Gasteiger partial charge in [0.2, 0.25) is 0 Å². The van der Waals surface area contributed by atoms with Crippen molar-refractivity contribution in [3.05, 3.63) is 126 Å². The highest BCUT2D eigenvalue weighted by Crippen LogP contribution is 2.46. The summed E-state index contributed by atoms with van der Waals surface area (Å²) in [5.41, 5.74) is 13.8. The fourth-order valence-electron chi connectivity index (χ4n) is 6.36. The zero-order chi connectivity index (χ0) is 28.7. The second kappa shape index (κ2) is 10.8. The number of imidazole rings is 1. The molecule has 0 amide bonds. The summed E-state index contributed by atoms with van der Waals surface area (Å²) in [6.45, 7) is 11.5. The number of pyridine rings is 1. The Bertz CT molecular complexity index is 1770. The molecule has 204 valence electrons. The third-order valence-corrected chi connectivity index (χ3v) is 8.22. The van der Waals surface area contributed by atoms with Gasteiger partial charge < -0.3 is 0 Å². The molecule has 0 saturated heterocycles. The van der Waals surface area contributed by atoms with Gasteiger partial charge in [-0.25, -0.2) is 4.57 Å². The summed E-state index contributed by atoms with van der Waals surface area (Å²) in [7, 11) is 2.18. The van der Waals surface area contributed by atoms with Crippen LogP contribution in [0.2, 0.25) is 0 Å². The molecule has 0 saturated carbocycles. The Hall–Kier alpha value is -4.50. The lowest BCUT2D eigenvalue weighted by atomic mass is 9.81. The van der Waals surface area contributed by atoms with Gasteiger partial charge in [0.1, 0.15) is 5.69 Å². The first-order valence-electron chi connectivity index (χ1n) is 14.6. The van der Waals surface area contributed by atoms with Gasteiger partial charge in [-0.05, 0) is 70.8 Å². The number of aryl methyl sites for hydroxylation is 2. The molecular weight excluding hydrogens is 498 g/mol. The molecule has 0 spiro atoms. The summed E-state index contributed by atoms with van der Waals surface area (Å²) in [4.78, 5) is 4.59. The van der Waals surface area contributed by atoms with Crippen LogP contribution >= 0.6 is 0 Å². The van der Waals surface area contributed by atoms with Gasteiger partial charge >= 0.3 is 0 Å². The van der Waals surface area contributed by atoms with Crippen LogP contribution in [-0.2, 0) is 7.05 Å². The fraction of sp³-hybridized carbons (Fsp3) is 0.211. The molecule has 6 aromatic rings. The van der Waals surface area contributed by atoms with Gasteiger partial charge in [0.25, 0.3) is 5.82 Å². The Kier molecular flexibility index (Phi) is 7.05. The smallest absolute Gasteiger partial charge is 0.264 e. The van der Waals surface area contributed by atoms with Crippen molar-refractivity contribution in [2.75, 3.05) is 0 Å². The zero-order valence-electron chi connectivity index (χ0n) is 24.9. The van der Waals surface area contributed by atoms with E-state index < -0.39 is 0 Å². The maximum atomic E-state index is 4.59. The topological polar surface area (TPSA) is 21.7 Å². The molecule has 0 aliphatic rings. The van der Waals surface area contributed by atoms with E-state index in [1.807, 2.05) is 12.4 Å². The number of nitrogens with zero attached hydrogens (tertiary/aromatic N) is 3. The minimum Gasteiger partial charge on any atom is -0.264 e. The third-order valence-electron chi connectivity index (χ3n) is 8.22. The normalized spacial score (nSPS) is 11.6. The predicted molar refractivity (Wildman–Crippen MR) is 171 cm³/mol. The van der Waals surface area contributed by atoms with Gasteiger partial charge in [-0.15, -0.1) is 0 Å². The summed E-state index contributed by atoms with van der Waals surface area (Å²) in [6.07, 6.45) is 3.90. The summed E-state index contributed by atoms with van der Waals surface area (Å²) in [5.74, 6) is 1.72. The monoisotopic (exact) mass is 536 g/mol. The van der Waals surface area contributed by atoms with Crippen LogP contribution in [0.3, 0.4) is 0 Å². The van der Waals surface area contributed by atoms with E-state index in [1.54, 1.807) is 0 Å². The molecule has 2 aromatic heterocycles. The van der Waals surface area contributed by atoms with E-state index in [0.29, 0.717) is 0 Å². The van der Waals surface area contributed by atoms with Crippen LogP contribution in [0.15, 0.2) is 109 Å². The Morgan fingerprint density at radius 3 is 1.73 bits per heavy atom. The molecule has 0 bridgehead atoms. The number of rotatable bonds is 6. The summed E-state index contributed by atoms with van der Waals surface area (Å²) >= 11 is 0. The van der Waals surface area contributed by atoms with Crippen molar-refractivity contribution in [3.8, 4) is 39.3 Å². The molecule has 0 atom stereocenters. The number of hydrogen-bond acceptors (Lipinski definition) is 1. The van der Waals surface area contributed by atoms with E-state index in [4.69, 9.17) is 0 Å². The van der Waals surface area contributed by atoms with Crippen molar-refractivity contribution in [2.24, 2.45) is 7.05 Å². The van der Waals surface area contributed by atoms with E-state index in [1.165, 1.54) is 55.7 Å². The largest absolute Gasteiger partial charge is 0.296 e. The summed E-state index contributed by atoms with van der Waals surface area (Å²) < 4.78 is 4.87. The molecule has 41 heavy (non-hydrogen) atoms. The molecule has 0 fully saturated rings. The average Bonchev–Trinajstić information content (AvgIpc) is 3.28. The molecule has 3 heteroatoms. The molecule has 0 N–H and O–H groups in total. The van der Waals surface area contributed by atoms with Crippen LogP contribution in [0.1, 0.15) is 56.2 Å². The number of hydrogen-bond donors (Lipinski definition) is 0. The summed E-state index contributed by atoms with van der Waals surface area (Å²) in [6, 6.07) is 35.1. The van der Waals surface area contributed by atoms with Gasteiger partial charge in [0.15, 0.2) is 11.0 Å². The van der Waals surface area contributed by atoms with Crippen molar-refractivity contribution in [3.63, 3.8) is 0 Å². The van der Waals surface area contributed by atoms with Gasteiger partial charge in [-0.1, -0.05) is 100 Å². The maximum Gasteiger partial charge on any atom is 0.296 e. The van der Waals surface area contributed by atoms with Crippen molar-refractivity contribution in [1.29, 1.82) is 0 Å². The molecule has 6 rings (SSSR count). The van der Waals surface area contributed by atoms with Crippen molar-refractivity contribution in [2.45, 2.75) is 46.5 Å². The first kappa shape index (κ1) is 26.7. The fourth-order valence-corrected chi connectivity index (χ4v) is 6.36. The Labute approximate surface area is 243 Å². The van der Waals surface area contributed by atoms with Crippen LogP contribution < -0.4 is 4.57 Å². The van der Waals surface area contributed by atoms with E-state index in [9.17, 15) is 0 Å². The minimum absolute atomic E-state index is 0.289. The van der Waals surface area contributed by atoms with Gasteiger partial charge in [0, 0.05) is 23.5 Å². The second-order valence-corrected chi connectivity index (χ2v) is 11.6. The van der Waals surface area contributed by atoms with Crippen LogP contribution in [0.4, 0.5) is 0 Å². The van der Waals surface area contributed by atoms with E-state index in [0.717, 1.165) is 11.4 Å². The molecule has 3 nitrogen and oxygen atoms in total. The highest BCUT2D eigenvalue weighted by atomic mass is 15.2. The first-order valence-corrected chi connectivity index (χ1v) is 14.6. The number of aromatic nitrogens is 3. The highest BCUT2D eigenvalue weighted by molar-refractivity contribution is 5.88. The zero-order valence-corrected chi connectivity index (χ0v) is 24.9. The first-order chi connectivity index (χ1) is 19.9. The van der Waals surface area contributed by atoms with Crippen LogP contribution in [0.5, 0.6) is 0 Å². The Balaban J connectivity index is 1.89. The number of fused-ring (bicyclic) bond motifs is 1. The SMILES string of the molecule is Cc1ccncc1-c1n(-c2c(C(C)C)c(-c3ccccc3)cc(-c3ccccc3)c2C(C)C)c2ccccc2[n+]1C. The van der Waals surface area contributed by atoms with Gasteiger partial charge in [0.05, 0.1) is 12.6 Å². The molecule has 0 radical (unpaired) electrons. The van der Waals surface area contributed by atoms with Crippen molar-refractivity contribution < 1.29 is 4.57 Å². The summed E-state index contributed by atoms with van der Waals surface area (Å²) in [5, 5.41) is 0. The van der Waals surface area contributed by atoms with E-state index in [2.05, 4.69) is 153 Å². The minimum atomic E-state index is 0.289. The van der Waals surface area contributed by atoms with Gasteiger partial charge in [-0.3, -0.25) is 4.98 Å². The standard InChI is InChI=1S/C38H38N3/c1-25(2)35-30(28-15-9-7-10-16-28)23-31(29-17-11-8-12-18-29)36(26(3)4)37(35)41-34-20-14-13-19-33(34)40(6)38(41)32-24-39-22-21-27(32)5/h7-26H,1-6H3/q+1. The molecule has 2 heterocycles. The lowest BCUT2D eigenvalue weighted by Crippen LogP contribution is -2.30. The average molecular weight is 537 g/mol. The molecule has 0 aliphatic carbocycles. The van der Waals surface area contributed by atoms with Crippen LogP contribution in [0.25, 0.3) is 50.4 Å².